The van der Waals surface area contributed by atoms with Gasteiger partial charge in [-0.05, 0) is 43.2 Å². The first-order valence-corrected chi connectivity index (χ1v) is 9.02. The van der Waals surface area contributed by atoms with Crippen molar-refractivity contribution in [1.82, 2.24) is 10.2 Å². The smallest absolute Gasteiger partial charge is 0.317 e. The van der Waals surface area contributed by atoms with Crippen molar-refractivity contribution in [1.29, 1.82) is 0 Å². The summed E-state index contributed by atoms with van der Waals surface area (Å²) in [7, 11) is 0. The standard InChI is InChI=1S/C19H28N2O3/c1-2-16(14-24-17-6-4-3-5-7-17)20-18(22)21-11-8-19(15-21)9-12-23-13-10-19/h3-7,16H,2,8-15H2,1H3,(H,20,22). The number of benzene rings is 1. The molecule has 1 atom stereocenters. The Hall–Kier alpha value is -1.75. The Morgan fingerprint density at radius 3 is 2.75 bits per heavy atom. The number of nitrogens with zero attached hydrogens (tertiary/aromatic N) is 1. The highest BCUT2D eigenvalue weighted by Gasteiger charge is 2.41. The van der Waals surface area contributed by atoms with Crippen molar-refractivity contribution in [3.05, 3.63) is 30.3 Å². The molecule has 0 bridgehead atoms. The first-order valence-electron chi connectivity index (χ1n) is 9.02. The van der Waals surface area contributed by atoms with Gasteiger partial charge in [-0.25, -0.2) is 4.79 Å². The Labute approximate surface area is 144 Å². The summed E-state index contributed by atoms with van der Waals surface area (Å²) in [6, 6.07) is 9.81. The quantitative estimate of drug-likeness (QED) is 0.901. The van der Waals surface area contributed by atoms with Gasteiger partial charge in [0.15, 0.2) is 0 Å². The van der Waals surface area contributed by atoms with Crippen molar-refractivity contribution in [2.45, 2.75) is 38.6 Å². The van der Waals surface area contributed by atoms with E-state index in [0.717, 1.165) is 57.7 Å². The average Bonchev–Trinajstić information content (AvgIpc) is 3.03. The van der Waals surface area contributed by atoms with Gasteiger partial charge in [-0.15, -0.1) is 0 Å². The van der Waals surface area contributed by atoms with E-state index >= 15 is 0 Å². The fourth-order valence-electron chi connectivity index (χ4n) is 3.56. The number of amides is 2. The van der Waals surface area contributed by atoms with E-state index in [1.54, 1.807) is 0 Å². The lowest BCUT2D eigenvalue weighted by molar-refractivity contribution is 0.0208. The summed E-state index contributed by atoms with van der Waals surface area (Å²) < 4.78 is 11.3. The number of carbonyl (C=O) groups excluding carboxylic acids is 1. The molecule has 132 valence electrons. The minimum absolute atomic E-state index is 0.0314. The number of carbonyl (C=O) groups is 1. The number of ether oxygens (including phenoxy) is 2. The van der Waals surface area contributed by atoms with Crippen LogP contribution in [0.25, 0.3) is 0 Å². The average molecular weight is 332 g/mol. The van der Waals surface area contributed by atoms with Gasteiger partial charge in [-0.3, -0.25) is 0 Å². The molecule has 0 aromatic heterocycles. The predicted molar refractivity (Wildman–Crippen MR) is 93.2 cm³/mol. The zero-order chi connectivity index (χ0) is 16.8. The normalized spacial score (nSPS) is 20.8. The number of urea groups is 1. The molecule has 0 aliphatic carbocycles. The summed E-state index contributed by atoms with van der Waals surface area (Å²) in [5.74, 6) is 0.840. The van der Waals surface area contributed by atoms with E-state index in [0.29, 0.717) is 6.61 Å². The van der Waals surface area contributed by atoms with E-state index in [4.69, 9.17) is 9.47 Å². The highest BCUT2D eigenvalue weighted by Crippen LogP contribution is 2.39. The van der Waals surface area contributed by atoms with E-state index in [1.807, 2.05) is 35.2 Å². The molecule has 5 heteroatoms. The third-order valence-electron chi connectivity index (χ3n) is 5.29. The van der Waals surface area contributed by atoms with Crippen molar-refractivity contribution in [3.63, 3.8) is 0 Å². The molecule has 0 saturated carbocycles. The molecule has 1 aromatic carbocycles. The first kappa shape index (κ1) is 17.1. The van der Waals surface area contributed by atoms with Crippen molar-refractivity contribution < 1.29 is 14.3 Å². The first-order chi connectivity index (χ1) is 11.7. The van der Waals surface area contributed by atoms with Crippen LogP contribution in [0.4, 0.5) is 4.79 Å². The highest BCUT2D eigenvalue weighted by atomic mass is 16.5. The lowest BCUT2D eigenvalue weighted by atomic mass is 9.80. The van der Waals surface area contributed by atoms with E-state index in [2.05, 4.69) is 12.2 Å². The van der Waals surface area contributed by atoms with E-state index < -0.39 is 0 Å². The molecule has 2 amide bonds. The Morgan fingerprint density at radius 1 is 1.29 bits per heavy atom. The van der Waals surface area contributed by atoms with Crippen LogP contribution in [0.2, 0.25) is 0 Å². The van der Waals surface area contributed by atoms with E-state index in [1.165, 1.54) is 0 Å². The van der Waals surface area contributed by atoms with Gasteiger partial charge in [0.1, 0.15) is 12.4 Å². The van der Waals surface area contributed by atoms with Gasteiger partial charge in [0, 0.05) is 26.3 Å². The third kappa shape index (κ3) is 4.20. The Kier molecular flexibility index (Phi) is 5.61. The van der Waals surface area contributed by atoms with Crippen LogP contribution in [0.1, 0.15) is 32.6 Å². The topological polar surface area (TPSA) is 50.8 Å². The molecule has 2 fully saturated rings. The molecule has 1 N–H and O–H groups in total. The molecule has 5 nitrogen and oxygen atoms in total. The summed E-state index contributed by atoms with van der Waals surface area (Å²) >= 11 is 0. The van der Waals surface area contributed by atoms with Crippen molar-refractivity contribution in [2.24, 2.45) is 5.41 Å². The van der Waals surface area contributed by atoms with Crippen molar-refractivity contribution >= 4 is 6.03 Å². The number of nitrogens with one attached hydrogen (secondary N) is 1. The highest BCUT2D eigenvalue weighted by molar-refractivity contribution is 5.75. The molecule has 2 aliphatic rings. The van der Waals surface area contributed by atoms with Gasteiger partial charge in [-0.1, -0.05) is 25.1 Å². The lowest BCUT2D eigenvalue weighted by Gasteiger charge is -2.33. The van der Waals surface area contributed by atoms with Crippen LogP contribution in [0.5, 0.6) is 5.75 Å². The second-order valence-corrected chi connectivity index (χ2v) is 6.96. The SMILES string of the molecule is CCC(COc1ccccc1)NC(=O)N1CCC2(CCOCC2)C1. The number of hydrogen-bond donors (Lipinski definition) is 1. The van der Waals surface area contributed by atoms with E-state index in [9.17, 15) is 4.79 Å². The fourth-order valence-corrected chi connectivity index (χ4v) is 3.56. The maximum Gasteiger partial charge on any atom is 0.317 e. The molecule has 1 aromatic rings. The van der Waals surface area contributed by atoms with Gasteiger partial charge in [0.05, 0.1) is 6.04 Å². The largest absolute Gasteiger partial charge is 0.491 e. The number of hydrogen-bond acceptors (Lipinski definition) is 3. The fraction of sp³-hybridized carbons (Fsp3) is 0.632. The minimum Gasteiger partial charge on any atom is -0.491 e. The van der Waals surface area contributed by atoms with Gasteiger partial charge in [0.2, 0.25) is 0 Å². The molecular weight excluding hydrogens is 304 g/mol. The minimum atomic E-state index is 0.0314. The molecule has 0 radical (unpaired) electrons. The third-order valence-corrected chi connectivity index (χ3v) is 5.29. The molecule has 3 rings (SSSR count). The van der Waals surface area contributed by atoms with Crippen LogP contribution in [0, 0.1) is 5.41 Å². The molecule has 1 unspecified atom stereocenters. The number of para-hydroxylation sites is 1. The summed E-state index contributed by atoms with van der Waals surface area (Å²) in [6.45, 7) is 5.94. The molecule has 2 saturated heterocycles. The summed E-state index contributed by atoms with van der Waals surface area (Å²) in [5.41, 5.74) is 0.290. The number of rotatable bonds is 5. The van der Waals surface area contributed by atoms with Crippen LogP contribution >= 0.6 is 0 Å². The van der Waals surface area contributed by atoms with Gasteiger partial charge in [-0.2, -0.15) is 0 Å². The zero-order valence-electron chi connectivity index (χ0n) is 14.5. The Morgan fingerprint density at radius 2 is 2.04 bits per heavy atom. The second kappa shape index (κ2) is 7.88. The summed E-state index contributed by atoms with van der Waals surface area (Å²) in [4.78, 5) is 14.5. The maximum atomic E-state index is 12.6. The van der Waals surface area contributed by atoms with Crippen LogP contribution in [0.15, 0.2) is 30.3 Å². The second-order valence-electron chi connectivity index (χ2n) is 6.96. The lowest BCUT2D eigenvalue weighted by Crippen LogP contribution is -2.46. The zero-order valence-corrected chi connectivity index (χ0v) is 14.5. The molecule has 24 heavy (non-hydrogen) atoms. The van der Waals surface area contributed by atoms with Gasteiger partial charge >= 0.3 is 6.03 Å². The van der Waals surface area contributed by atoms with Crippen molar-refractivity contribution in [3.8, 4) is 5.75 Å². The molecule has 1 spiro atoms. The molecule has 2 aliphatic heterocycles. The Balaban J connectivity index is 1.48. The molecular formula is C19H28N2O3. The Bertz CT molecular complexity index is 529. The summed E-state index contributed by atoms with van der Waals surface area (Å²) in [6.07, 6.45) is 4.10. The van der Waals surface area contributed by atoms with Crippen molar-refractivity contribution in [2.75, 3.05) is 32.9 Å². The van der Waals surface area contributed by atoms with E-state index in [-0.39, 0.29) is 17.5 Å². The van der Waals surface area contributed by atoms with Gasteiger partial charge < -0.3 is 19.7 Å². The van der Waals surface area contributed by atoms with Gasteiger partial charge in [0.25, 0.3) is 0 Å². The van der Waals surface area contributed by atoms with Crippen LogP contribution in [-0.2, 0) is 4.74 Å². The summed E-state index contributed by atoms with van der Waals surface area (Å²) in [5, 5.41) is 3.13. The predicted octanol–water partition coefficient (Wildman–Crippen LogP) is 3.06. The maximum absolute atomic E-state index is 12.6. The van der Waals surface area contributed by atoms with Crippen LogP contribution in [-0.4, -0.2) is 49.9 Å². The monoisotopic (exact) mass is 332 g/mol. The molecule has 2 heterocycles. The van der Waals surface area contributed by atoms with Crippen LogP contribution < -0.4 is 10.1 Å². The number of likely N-dealkylation sites (tertiary alicyclic amines) is 1. The van der Waals surface area contributed by atoms with Crippen LogP contribution in [0.3, 0.4) is 0 Å².